The lowest BCUT2D eigenvalue weighted by Crippen LogP contribution is -2.44. The predicted octanol–water partition coefficient (Wildman–Crippen LogP) is 4.25. The summed E-state index contributed by atoms with van der Waals surface area (Å²) in [6.07, 6.45) is -6.52. The second-order valence-corrected chi connectivity index (χ2v) is 8.07. The summed E-state index contributed by atoms with van der Waals surface area (Å²) >= 11 is 5.87. The number of benzene rings is 1. The zero-order valence-corrected chi connectivity index (χ0v) is 18.0. The third-order valence-electron chi connectivity index (χ3n) is 5.38. The molecule has 32 heavy (non-hydrogen) atoms. The standard InChI is InChI=1S/C21H19ClF4N4O2/c1-11-27-16-8-17(30-5-6-32-13(10-30)9-21(24,25)26)28-19(18(16)20(31)29(11)2)14-4-3-12(22)7-15(14)23/h3-4,7-8,13H,5-6,9-10H2,1-2H3/t13-/m0/s1. The topological polar surface area (TPSA) is 60.2 Å². The number of alkyl halides is 3. The van der Waals surface area contributed by atoms with Crippen molar-refractivity contribution in [2.45, 2.75) is 25.6 Å². The molecule has 170 valence electrons. The van der Waals surface area contributed by atoms with E-state index in [4.69, 9.17) is 16.3 Å². The second kappa shape index (κ2) is 8.32. The van der Waals surface area contributed by atoms with Gasteiger partial charge in [0.1, 0.15) is 17.5 Å². The van der Waals surface area contributed by atoms with Crippen LogP contribution in [0.4, 0.5) is 23.4 Å². The van der Waals surface area contributed by atoms with Gasteiger partial charge in [0, 0.05) is 36.8 Å². The highest BCUT2D eigenvalue weighted by Crippen LogP contribution is 2.32. The second-order valence-electron chi connectivity index (χ2n) is 7.63. The Labute approximate surface area is 185 Å². The summed E-state index contributed by atoms with van der Waals surface area (Å²) in [6, 6.07) is 5.53. The third-order valence-corrected chi connectivity index (χ3v) is 5.61. The van der Waals surface area contributed by atoms with E-state index in [1.807, 2.05) is 0 Å². The molecule has 11 heteroatoms. The van der Waals surface area contributed by atoms with E-state index in [1.54, 1.807) is 18.9 Å². The maximum Gasteiger partial charge on any atom is 0.391 e. The summed E-state index contributed by atoms with van der Waals surface area (Å²) in [5.74, 6) is 0.0413. The molecule has 1 saturated heterocycles. The zero-order valence-electron chi connectivity index (χ0n) is 17.2. The lowest BCUT2D eigenvalue weighted by atomic mass is 10.1. The molecule has 0 amide bonds. The summed E-state index contributed by atoms with van der Waals surface area (Å²) in [7, 11) is 1.55. The Balaban J connectivity index is 1.88. The number of hydrogen-bond acceptors (Lipinski definition) is 5. The first-order valence-corrected chi connectivity index (χ1v) is 10.2. The van der Waals surface area contributed by atoms with E-state index in [0.29, 0.717) is 12.4 Å². The number of ether oxygens (including phenoxy) is 1. The minimum Gasteiger partial charge on any atom is -0.374 e. The molecule has 0 aliphatic carbocycles. The van der Waals surface area contributed by atoms with Crippen molar-refractivity contribution in [3.8, 4) is 11.3 Å². The number of halogens is 5. The summed E-state index contributed by atoms with van der Waals surface area (Å²) in [5, 5.41) is 0.292. The molecule has 1 aliphatic rings. The Morgan fingerprint density at radius 2 is 2.00 bits per heavy atom. The van der Waals surface area contributed by atoms with Crippen molar-refractivity contribution in [3.63, 3.8) is 0 Å². The molecule has 1 aromatic carbocycles. The smallest absolute Gasteiger partial charge is 0.374 e. The molecule has 0 bridgehead atoms. The highest BCUT2D eigenvalue weighted by molar-refractivity contribution is 6.30. The maximum atomic E-state index is 14.8. The van der Waals surface area contributed by atoms with Crippen molar-refractivity contribution in [3.05, 3.63) is 51.3 Å². The summed E-state index contributed by atoms with van der Waals surface area (Å²) in [5.41, 5.74) is -0.0330. The highest BCUT2D eigenvalue weighted by Gasteiger charge is 2.35. The van der Waals surface area contributed by atoms with Gasteiger partial charge in [-0.3, -0.25) is 9.36 Å². The van der Waals surface area contributed by atoms with Crippen LogP contribution in [0.15, 0.2) is 29.1 Å². The number of hydrogen-bond donors (Lipinski definition) is 0. The number of rotatable bonds is 3. The number of nitrogens with zero attached hydrogens (tertiary/aromatic N) is 4. The van der Waals surface area contributed by atoms with Gasteiger partial charge in [-0.15, -0.1) is 0 Å². The number of pyridine rings is 1. The van der Waals surface area contributed by atoms with Crippen LogP contribution in [0.3, 0.4) is 0 Å². The quantitative estimate of drug-likeness (QED) is 0.535. The fraction of sp³-hybridized carbons (Fsp3) is 0.381. The first kappa shape index (κ1) is 22.5. The van der Waals surface area contributed by atoms with Crippen LogP contribution in [0.2, 0.25) is 5.02 Å². The van der Waals surface area contributed by atoms with Crippen molar-refractivity contribution in [1.82, 2.24) is 14.5 Å². The molecular formula is C21H19ClF4N4O2. The van der Waals surface area contributed by atoms with Gasteiger partial charge in [0.25, 0.3) is 5.56 Å². The van der Waals surface area contributed by atoms with Crippen molar-refractivity contribution < 1.29 is 22.3 Å². The van der Waals surface area contributed by atoms with Crippen molar-refractivity contribution in [2.75, 3.05) is 24.6 Å². The van der Waals surface area contributed by atoms with Gasteiger partial charge < -0.3 is 9.64 Å². The molecule has 2 aromatic heterocycles. The van der Waals surface area contributed by atoms with Crippen LogP contribution in [0.1, 0.15) is 12.2 Å². The zero-order chi connectivity index (χ0) is 23.2. The van der Waals surface area contributed by atoms with Gasteiger partial charge in [0.2, 0.25) is 0 Å². The Morgan fingerprint density at radius 3 is 2.69 bits per heavy atom. The number of fused-ring (bicyclic) bond motifs is 1. The number of anilines is 1. The molecule has 0 spiro atoms. The fourth-order valence-corrected chi connectivity index (χ4v) is 3.89. The Kier molecular flexibility index (Phi) is 5.85. The minimum absolute atomic E-state index is 0.0455. The third kappa shape index (κ3) is 4.42. The molecule has 0 unspecified atom stereocenters. The van der Waals surface area contributed by atoms with Gasteiger partial charge in [-0.2, -0.15) is 13.2 Å². The van der Waals surface area contributed by atoms with E-state index in [-0.39, 0.29) is 46.2 Å². The van der Waals surface area contributed by atoms with Crippen LogP contribution in [0.25, 0.3) is 22.2 Å². The normalized spacial score (nSPS) is 17.2. The van der Waals surface area contributed by atoms with Crippen LogP contribution in [-0.2, 0) is 11.8 Å². The maximum absolute atomic E-state index is 14.8. The largest absolute Gasteiger partial charge is 0.391 e. The Hall–Kier alpha value is -2.72. The van der Waals surface area contributed by atoms with Crippen molar-refractivity contribution in [2.24, 2.45) is 7.05 Å². The Morgan fingerprint density at radius 1 is 1.25 bits per heavy atom. The number of aromatic nitrogens is 3. The fourth-order valence-electron chi connectivity index (χ4n) is 3.73. The van der Waals surface area contributed by atoms with Gasteiger partial charge in [0.05, 0.1) is 35.7 Å². The minimum atomic E-state index is -4.37. The van der Waals surface area contributed by atoms with Crippen LogP contribution < -0.4 is 10.5 Å². The Bertz CT molecular complexity index is 1250. The van der Waals surface area contributed by atoms with E-state index in [0.717, 1.165) is 6.07 Å². The molecule has 0 saturated carbocycles. The van der Waals surface area contributed by atoms with Crippen LogP contribution in [-0.4, -0.2) is 46.5 Å². The van der Waals surface area contributed by atoms with Gasteiger partial charge in [0.15, 0.2) is 0 Å². The van der Waals surface area contributed by atoms with E-state index in [2.05, 4.69) is 9.97 Å². The predicted molar refractivity (Wildman–Crippen MR) is 113 cm³/mol. The summed E-state index contributed by atoms with van der Waals surface area (Å²) in [6.45, 7) is 1.97. The molecule has 3 heterocycles. The molecule has 1 aliphatic heterocycles. The molecule has 6 nitrogen and oxygen atoms in total. The highest BCUT2D eigenvalue weighted by atomic mass is 35.5. The van der Waals surface area contributed by atoms with Gasteiger partial charge in [-0.1, -0.05) is 11.6 Å². The lowest BCUT2D eigenvalue weighted by molar-refractivity contribution is -0.161. The van der Waals surface area contributed by atoms with Crippen molar-refractivity contribution >= 4 is 28.3 Å². The average molecular weight is 471 g/mol. The van der Waals surface area contributed by atoms with Crippen LogP contribution >= 0.6 is 11.6 Å². The number of morpholine rings is 1. The lowest BCUT2D eigenvalue weighted by Gasteiger charge is -2.34. The molecule has 1 atom stereocenters. The molecule has 3 aromatic rings. The monoisotopic (exact) mass is 470 g/mol. The van der Waals surface area contributed by atoms with Crippen LogP contribution in [0, 0.1) is 12.7 Å². The van der Waals surface area contributed by atoms with E-state index >= 15 is 0 Å². The molecule has 0 radical (unpaired) electrons. The van der Waals surface area contributed by atoms with Crippen LogP contribution in [0.5, 0.6) is 0 Å². The van der Waals surface area contributed by atoms with Gasteiger partial charge in [-0.25, -0.2) is 14.4 Å². The van der Waals surface area contributed by atoms with E-state index in [9.17, 15) is 22.4 Å². The summed E-state index contributed by atoms with van der Waals surface area (Å²) < 4.78 is 59.9. The molecule has 1 fully saturated rings. The van der Waals surface area contributed by atoms with E-state index in [1.165, 1.54) is 22.8 Å². The SMILES string of the molecule is Cc1nc2cc(N3CCO[C@@H](CC(F)(F)F)C3)nc(-c3ccc(Cl)cc3F)c2c(=O)n1C. The first-order valence-electron chi connectivity index (χ1n) is 9.80. The van der Waals surface area contributed by atoms with E-state index < -0.39 is 30.1 Å². The molecule has 0 N–H and O–H groups in total. The van der Waals surface area contributed by atoms with Crippen molar-refractivity contribution in [1.29, 1.82) is 0 Å². The van der Waals surface area contributed by atoms with Gasteiger partial charge >= 0.3 is 6.18 Å². The molecular weight excluding hydrogens is 452 g/mol. The number of aryl methyl sites for hydroxylation is 1. The first-order chi connectivity index (χ1) is 15.0. The molecule has 4 rings (SSSR count). The summed E-state index contributed by atoms with van der Waals surface area (Å²) in [4.78, 5) is 23.6. The average Bonchev–Trinajstić information content (AvgIpc) is 2.70. The van der Waals surface area contributed by atoms with Gasteiger partial charge in [-0.05, 0) is 25.1 Å².